The number of sulfonamides is 1. The normalized spacial score (nSPS) is 16.6. The average molecular weight is 503 g/mol. The van der Waals surface area contributed by atoms with Gasteiger partial charge in [-0.1, -0.05) is 6.07 Å². The average Bonchev–Trinajstić information content (AvgIpc) is 2.65. The Morgan fingerprint density at radius 2 is 1.67 bits per heavy atom. The van der Waals surface area contributed by atoms with Gasteiger partial charge in [0.05, 0.1) is 34.7 Å². The van der Waals surface area contributed by atoms with Gasteiger partial charge in [0.1, 0.15) is 5.60 Å². The Morgan fingerprint density at radius 1 is 1.09 bits per heavy atom. The fraction of sp³-hybridized carbons (Fsp3) is 0.636. The highest BCUT2D eigenvalue weighted by molar-refractivity contribution is 7.91. The van der Waals surface area contributed by atoms with Crippen LogP contribution >= 0.6 is 7.60 Å². The summed E-state index contributed by atoms with van der Waals surface area (Å²) in [6, 6.07) is 4.69. The Morgan fingerprint density at radius 3 is 2.15 bits per heavy atom. The Bertz CT molecular complexity index is 1060. The number of hydrogen-bond donors (Lipinski definition) is 0. The van der Waals surface area contributed by atoms with E-state index in [4.69, 9.17) is 13.8 Å². The number of carbonyl (C=O) groups is 1. The van der Waals surface area contributed by atoms with Crippen LogP contribution in [0.2, 0.25) is 0 Å². The summed E-state index contributed by atoms with van der Waals surface area (Å²) in [7, 11) is -7.45. The topological polar surface area (TPSA) is 112 Å². The van der Waals surface area contributed by atoms with Crippen LogP contribution in [0.15, 0.2) is 22.6 Å². The van der Waals surface area contributed by atoms with Crippen molar-refractivity contribution in [2.24, 2.45) is 4.40 Å². The largest absolute Gasteiger partial charge is 0.443 e. The van der Waals surface area contributed by atoms with Gasteiger partial charge in [0.15, 0.2) is 0 Å². The third-order valence-corrected chi connectivity index (χ3v) is 8.80. The Labute approximate surface area is 197 Å². The predicted octanol–water partition coefficient (Wildman–Crippen LogP) is 4.64. The molecule has 1 aromatic rings. The molecule has 1 aliphatic heterocycles. The van der Waals surface area contributed by atoms with Crippen LogP contribution in [0.1, 0.15) is 67.4 Å². The van der Waals surface area contributed by atoms with Crippen LogP contribution in [0, 0.1) is 0 Å². The molecule has 11 heteroatoms. The van der Waals surface area contributed by atoms with Gasteiger partial charge in [0.25, 0.3) is 10.0 Å². The molecule has 0 radical (unpaired) electrons. The van der Waals surface area contributed by atoms with E-state index in [0.29, 0.717) is 17.0 Å². The van der Waals surface area contributed by atoms with Crippen molar-refractivity contribution in [3.05, 3.63) is 23.8 Å². The fourth-order valence-electron chi connectivity index (χ4n) is 3.04. The molecule has 0 saturated heterocycles. The number of fused-ring (bicyclic) bond motifs is 1. The van der Waals surface area contributed by atoms with Crippen LogP contribution in [0.5, 0.6) is 0 Å². The predicted molar refractivity (Wildman–Crippen MR) is 130 cm³/mol. The van der Waals surface area contributed by atoms with Gasteiger partial charge in [-0.25, -0.2) is 13.2 Å². The van der Waals surface area contributed by atoms with E-state index in [1.165, 1.54) is 11.0 Å². The van der Waals surface area contributed by atoms with Gasteiger partial charge in [-0.2, -0.15) is 4.40 Å². The zero-order valence-corrected chi connectivity index (χ0v) is 22.4. The molecule has 0 spiro atoms. The van der Waals surface area contributed by atoms with Crippen molar-refractivity contribution in [1.82, 2.24) is 0 Å². The summed E-state index contributed by atoms with van der Waals surface area (Å²) in [5.74, 6) is 0. The number of ether oxygens (including phenoxy) is 1. The highest BCUT2D eigenvalue weighted by Crippen LogP contribution is 2.48. The van der Waals surface area contributed by atoms with E-state index in [0.717, 1.165) is 0 Å². The third-order valence-electron chi connectivity index (χ3n) is 4.69. The number of amides is 1. The summed E-state index contributed by atoms with van der Waals surface area (Å²) in [6.07, 6.45) is -0.378. The Balaban J connectivity index is 2.69. The molecule has 186 valence electrons. The van der Waals surface area contributed by atoms with E-state index in [1.807, 2.05) is 0 Å². The Kier molecular flexibility index (Phi) is 8.22. The molecule has 1 amide bonds. The Hall–Kier alpha value is -1.74. The van der Waals surface area contributed by atoms with Gasteiger partial charge >= 0.3 is 13.7 Å². The summed E-state index contributed by atoms with van der Waals surface area (Å²) in [6.45, 7) is 13.9. The van der Waals surface area contributed by atoms with Crippen molar-refractivity contribution in [2.45, 2.75) is 72.2 Å². The number of benzene rings is 1. The quantitative estimate of drug-likeness (QED) is 0.521. The van der Waals surface area contributed by atoms with Gasteiger partial charge in [-0.05, 0) is 67.5 Å². The first-order valence-corrected chi connectivity index (χ1v) is 13.9. The SMILES string of the molecule is CCOP(=O)(OCC)c1ccc2c(c1)N(C(=O)OC(C)(C)C)CCC2=NS(=O)(=O)C(C)(C)C. The third kappa shape index (κ3) is 6.44. The van der Waals surface area contributed by atoms with E-state index >= 15 is 0 Å². The maximum Gasteiger partial charge on any atom is 0.414 e. The monoisotopic (exact) mass is 502 g/mol. The molecule has 0 N–H and O–H groups in total. The number of anilines is 1. The minimum atomic E-state index is -3.81. The lowest BCUT2D eigenvalue weighted by Gasteiger charge is -2.33. The van der Waals surface area contributed by atoms with Crippen LogP contribution in [0.3, 0.4) is 0 Å². The van der Waals surface area contributed by atoms with E-state index in [2.05, 4.69) is 4.40 Å². The van der Waals surface area contributed by atoms with Gasteiger partial charge in [0.2, 0.25) is 0 Å². The zero-order valence-electron chi connectivity index (χ0n) is 20.7. The van der Waals surface area contributed by atoms with Crippen molar-refractivity contribution >= 4 is 40.4 Å². The second-order valence-electron chi connectivity index (χ2n) is 9.54. The van der Waals surface area contributed by atoms with Crippen LogP contribution in [-0.4, -0.2) is 50.3 Å². The molecule has 9 nitrogen and oxygen atoms in total. The second kappa shape index (κ2) is 9.86. The molecule has 1 aliphatic rings. The van der Waals surface area contributed by atoms with Crippen LogP contribution < -0.4 is 10.2 Å². The highest BCUT2D eigenvalue weighted by Gasteiger charge is 2.36. The molecule has 2 rings (SSSR count). The molecule has 33 heavy (non-hydrogen) atoms. The molecular formula is C22H35N2O7PS. The maximum atomic E-state index is 13.3. The van der Waals surface area contributed by atoms with Crippen molar-refractivity contribution in [3.63, 3.8) is 0 Å². The highest BCUT2D eigenvalue weighted by atomic mass is 32.2. The summed E-state index contributed by atoms with van der Waals surface area (Å²) in [4.78, 5) is 14.4. The first-order valence-electron chi connectivity index (χ1n) is 10.9. The molecule has 0 fully saturated rings. The molecule has 0 saturated carbocycles. The minimum absolute atomic E-state index is 0.150. The van der Waals surface area contributed by atoms with Gasteiger partial charge in [-0.15, -0.1) is 0 Å². The van der Waals surface area contributed by atoms with E-state index in [1.54, 1.807) is 67.5 Å². The van der Waals surface area contributed by atoms with Crippen molar-refractivity contribution < 1.29 is 31.6 Å². The molecule has 1 aromatic carbocycles. The molecule has 0 atom stereocenters. The van der Waals surface area contributed by atoms with Gasteiger partial charge < -0.3 is 13.8 Å². The molecular weight excluding hydrogens is 467 g/mol. The first kappa shape index (κ1) is 27.5. The fourth-order valence-corrected chi connectivity index (χ4v) is 5.38. The summed E-state index contributed by atoms with van der Waals surface area (Å²) in [5.41, 5.74) is 0.387. The van der Waals surface area contributed by atoms with Crippen molar-refractivity contribution in [3.8, 4) is 0 Å². The van der Waals surface area contributed by atoms with E-state index in [-0.39, 0.29) is 31.5 Å². The molecule has 0 bridgehead atoms. The van der Waals surface area contributed by atoms with Gasteiger partial charge in [-0.3, -0.25) is 9.46 Å². The van der Waals surface area contributed by atoms with Crippen molar-refractivity contribution in [1.29, 1.82) is 0 Å². The summed E-state index contributed by atoms with van der Waals surface area (Å²) >= 11 is 0. The summed E-state index contributed by atoms with van der Waals surface area (Å²) < 4.78 is 58.3. The molecule has 0 unspecified atom stereocenters. The number of hydrogen-bond acceptors (Lipinski definition) is 7. The number of rotatable bonds is 6. The minimum Gasteiger partial charge on any atom is -0.443 e. The lowest BCUT2D eigenvalue weighted by molar-refractivity contribution is 0.0580. The smallest absolute Gasteiger partial charge is 0.414 e. The standard InChI is InChI=1S/C22H35N2O7PS/c1-9-29-32(26,30-10-2)16-11-12-17-18(23-33(27,28)22(6,7)8)13-14-24(19(17)15-16)20(25)31-21(3,4)5/h11-12,15H,9-10,13-14H2,1-8H3. The lowest BCUT2D eigenvalue weighted by atomic mass is 10.00. The molecule has 0 aromatic heterocycles. The van der Waals surface area contributed by atoms with E-state index in [9.17, 15) is 17.8 Å². The van der Waals surface area contributed by atoms with Crippen LogP contribution in [0.25, 0.3) is 0 Å². The summed E-state index contributed by atoms with van der Waals surface area (Å²) in [5, 5.41) is 0.262. The maximum absolute atomic E-state index is 13.3. The molecule has 0 aliphatic carbocycles. The first-order chi connectivity index (χ1) is 15.0. The second-order valence-corrected chi connectivity index (χ2v) is 13.9. The number of nitrogens with zero attached hydrogens (tertiary/aromatic N) is 2. The lowest BCUT2D eigenvalue weighted by Crippen LogP contribution is -2.42. The van der Waals surface area contributed by atoms with Crippen LogP contribution in [-0.2, 0) is 28.4 Å². The number of carbonyl (C=O) groups excluding carboxylic acids is 1. The molecule has 1 heterocycles. The van der Waals surface area contributed by atoms with Crippen LogP contribution in [0.4, 0.5) is 10.5 Å². The van der Waals surface area contributed by atoms with Gasteiger partial charge in [0, 0.05) is 18.5 Å². The zero-order chi connectivity index (χ0) is 25.2. The van der Waals surface area contributed by atoms with Crippen molar-refractivity contribution in [2.75, 3.05) is 24.7 Å². The van der Waals surface area contributed by atoms with E-state index < -0.39 is 34.1 Å².